The van der Waals surface area contributed by atoms with Gasteiger partial charge in [0.25, 0.3) is 5.91 Å². The highest BCUT2D eigenvalue weighted by molar-refractivity contribution is 6.46. The molecule has 1 aromatic carbocycles. The number of anilines is 1. The van der Waals surface area contributed by atoms with Crippen molar-refractivity contribution < 1.29 is 9.53 Å². The second-order valence-electron chi connectivity index (χ2n) is 6.13. The molecule has 1 amide bonds. The molecule has 0 radical (unpaired) electrons. The number of H-pyrrole nitrogens is 1. The quantitative estimate of drug-likeness (QED) is 0.666. The van der Waals surface area contributed by atoms with Crippen LogP contribution in [-0.4, -0.2) is 52.4 Å². The maximum absolute atomic E-state index is 13.2. The Morgan fingerprint density at radius 3 is 2.88 bits per heavy atom. The number of amides is 1. The molecular formula is C17H17Cl2N5O2. The molecule has 0 fully saturated rings. The van der Waals surface area contributed by atoms with E-state index in [0.29, 0.717) is 53.2 Å². The Morgan fingerprint density at radius 2 is 2.19 bits per heavy atom. The fourth-order valence-electron chi connectivity index (χ4n) is 3.51. The second-order valence-corrected chi connectivity index (χ2v) is 6.92. The topological polar surface area (TPSA) is 89.2 Å². The summed E-state index contributed by atoms with van der Waals surface area (Å²) < 4.78 is 7.03. The molecule has 0 aliphatic carbocycles. The molecule has 0 unspecified atom stereocenters. The highest BCUT2D eigenvalue weighted by Crippen LogP contribution is 2.45. The zero-order valence-electron chi connectivity index (χ0n) is 14.1. The van der Waals surface area contributed by atoms with Crippen LogP contribution in [0.2, 0.25) is 10.0 Å². The third-order valence-electron chi connectivity index (χ3n) is 4.69. The number of rotatable bonds is 4. The summed E-state index contributed by atoms with van der Waals surface area (Å²) in [5.74, 6) is -0.0905. The van der Waals surface area contributed by atoms with Gasteiger partial charge in [0.1, 0.15) is 5.69 Å². The molecule has 0 atom stereocenters. The number of hydrogen-bond acceptors (Lipinski definition) is 4. The molecular weight excluding hydrogens is 377 g/mol. The second kappa shape index (κ2) is 6.50. The molecule has 4 rings (SSSR count). The number of hydrogen-bond donors (Lipinski definition) is 2. The van der Waals surface area contributed by atoms with Gasteiger partial charge in [0.05, 0.1) is 28.4 Å². The minimum atomic E-state index is -0.0905. The van der Waals surface area contributed by atoms with Crippen molar-refractivity contribution in [2.75, 3.05) is 32.5 Å². The van der Waals surface area contributed by atoms with Crippen molar-refractivity contribution in [3.8, 4) is 11.1 Å². The van der Waals surface area contributed by atoms with Crippen LogP contribution in [0.5, 0.6) is 0 Å². The van der Waals surface area contributed by atoms with Crippen molar-refractivity contribution in [1.29, 1.82) is 0 Å². The first-order chi connectivity index (χ1) is 12.5. The Labute approximate surface area is 159 Å². The molecule has 1 aliphatic heterocycles. The maximum Gasteiger partial charge on any atom is 0.271 e. The monoisotopic (exact) mass is 393 g/mol. The number of nitrogens with zero attached hydrogens (tertiary/aromatic N) is 3. The van der Waals surface area contributed by atoms with Crippen LogP contribution in [-0.2, 0) is 11.3 Å². The first-order valence-corrected chi connectivity index (χ1v) is 8.87. The van der Waals surface area contributed by atoms with E-state index in [0.717, 1.165) is 16.5 Å². The van der Waals surface area contributed by atoms with E-state index >= 15 is 0 Å². The molecule has 7 nitrogen and oxygen atoms in total. The molecule has 3 heterocycles. The number of halogens is 2. The van der Waals surface area contributed by atoms with Gasteiger partial charge in [0, 0.05) is 55.1 Å². The Kier molecular flexibility index (Phi) is 4.30. The van der Waals surface area contributed by atoms with Crippen LogP contribution in [0.4, 0.5) is 5.69 Å². The maximum atomic E-state index is 13.2. The van der Waals surface area contributed by atoms with Gasteiger partial charge >= 0.3 is 0 Å². The normalized spacial score (nSPS) is 14.3. The Balaban J connectivity index is 2.03. The number of carbonyl (C=O) groups is 1. The first-order valence-electron chi connectivity index (χ1n) is 8.11. The number of nitrogen functional groups attached to an aromatic ring is 1. The van der Waals surface area contributed by atoms with E-state index in [4.69, 9.17) is 33.7 Å². The van der Waals surface area contributed by atoms with Gasteiger partial charge in [-0.25, -0.2) is 0 Å². The lowest BCUT2D eigenvalue weighted by Gasteiger charge is -2.29. The number of nitrogens with two attached hydrogens (primary N) is 1. The first kappa shape index (κ1) is 17.2. The Bertz CT molecular complexity index is 997. The molecule has 2 aromatic heterocycles. The lowest BCUT2D eigenvalue weighted by molar-refractivity contribution is 0.0644. The number of fused-ring (bicyclic) bond motifs is 3. The third kappa shape index (κ3) is 2.46. The van der Waals surface area contributed by atoms with Crippen LogP contribution in [0.25, 0.3) is 22.0 Å². The average molecular weight is 394 g/mol. The lowest BCUT2D eigenvalue weighted by atomic mass is 10.0. The van der Waals surface area contributed by atoms with Crippen LogP contribution in [0, 0.1) is 0 Å². The van der Waals surface area contributed by atoms with Crippen LogP contribution in [0.1, 0.15) is 10.5 Å². The molecule has 136 valence electrons. The summed E-state index contributed by atoms with van der Waals surface area (Å²) in [6.45, 7) is 2.15. The third-order valence-corrected chi connectivity index (χ3v) is 5.46. The minimum absolute atomic E-state index is 0.0905. The van der Waals surface area contributed by atoms with Crippen molar-refractivity contribution in [3.63, 3.8) is 0 Å². The van der Waals surface area contributed by atoms with Gasteiger partial charge in [-0.15, -0.1) is 0 Å². The smallest absolute Gasteiger partial charge is 0.271 e. The number of ether oxygens (including phenoxy) is 1. The van der Waals surface area contributed by atoms with E-state index in [9.17, 15) is 4.79 Å². The van der Waals surface area contributed by atoms with E-state index in [2.05, 4.69) is 10.2 Å². The van der Waals surface area contributed by atoms with Crippen LogP contribution >= 0.6 is 23.2 Å². The fraction of sp³-hybridized carbons (Fsp3) is 0.294. The number of methoxy groups -OCH3 is 1. The highest BCUT2D eigenvalue weighted by Gasteiger charge is 2.33. The van der Waals surface area contributed by atoms with Gasteiger partial charge in [-0.2, -0.15) is 5.10 Å². The summed E-state index contributed by atoms with van der Waals surface area (Å²) in [5.41, 5.74) is 9.47. The van der Waals surface area contributed by atoms with Crippen molar-refractivity contribution >= 4 is 45.7 Å². The van der Waals surface area contributed by atoms with E-state index in [1.54, 1.807) is 30.5 Å². The number of aromatic nitrogens is 3. The van der Waals surface area contributed by atoms with Gasteiger partial charge < -0.3 is 19.9 Å². The van der Waals surface area contributed by atoms with E-state index in [-0.39, 0.29) is 5.91 Å². The van der Waals surface area contributed by atoms with E-state index in [1.165, 1.54) is 0 Å². The Hall–Kier alpha value is -2.22. The van der Waals surface area contributed by atoms with E-state index in [1.807, 2.05) is 4.57 Å². The summed E-state index contributed by atoms with van der Waals surface area (Å²) in [7, 11) is 1.62. The predicted octanol–water partition coefficient (Wildman–Crippen LogP) is 3.02. The van der Waals surface area contributed by atoms with Crippen molar-refractivity contribution in [2.45, 2.75) is 6.54 Å². The summed E-state index contributed by atoms with van der Waals surface area (Å²) >= 11 is 12.7. The SMILES string of the molecule is COCCN1CCn2c(c(-c3cn[nH]c3)c3c(N)cc(Cl)c(Cl)c32)C1=O. The molecule has 0 spiro atoms. The van der Waals surface area contributed by atoms with Gasteiger partial charge in [-0.05, 0) is 6.07 Å². The summed E-state index contributed by atoms with van der Waals surface area (Å²) in [6, 6.07) is 1.62. The minimum Gasteiger partial charge on any atom is -0.398 e. The number of nitrogens with one attached hydrogen (secondary N) is 1. The largest absolute Gasteiger partial charge is 0.398 e. The zero-order chi connectivity index (χ0) is 18.4. The fourth-order valence-corrected chi connectivity index (χ4v) is 3.97. The molecule has 3 N–H and O–H groups in total. The molecule has 3 aromatic rings. The summed E-state index contributed by atoms with van der Waals surface area (Å²) in [5, 5.41) is 8.29. The number of carbonyl (C=O) groups excluding carboxylic acids is 1. The molecule has 0 saturated carbocycles. The van der Waals surface area contributed by atoms with Gasteiger partial charge in [-0.3, -0.25) is 9.89 Å². The molecule has 9 heteroatoms. The van der Waals surface area contributed by atoms with Crippen LogP contribution in [0.3, 0.4) is 0 Å². The standard InChI is InChI=1S/C17H17Cl2N5O2/c1-26-5-4-23-2-3-24-15-13(11(20)6-10(18)14(15)19)12(16(24)17(23)25)9-7-21-22-8-9/h6-8H,2-5,20H2,1H3,(H,21,22). The average Bonchev–Trinajstić information content (AvgIpc) is 3.25. The molecule has 1 aliphatic rings. The zero-order valence-corrected chi connectivity index (χ0v) is 15.6. The van der Waals surface area contributed by atoms with E-state index < -0.39 is 0 Å². The lowest BCUT2D eigenvalue weighted by Crippen LogP contribution is -2.42. The number of benzene rings is 1. The highest BCUT2D eigenvalue weighted by atomic mass is 35.5. The van der Waals surface area contributed by atoms with Crippen LogP contribution < -0.4 is 5.73 Å². The Morgan fingerprint density at radius 1 is 1.38 bits per heavy atom. The molecule has 0 saturated heterocycles. The van der Waals surface area contributed by atoms with Crippen molar-refractivity contribution in [2.24, 2.45) is 0 Å². The van der Waals surface area contributed by atoms with Crippen molar-refractivity contribution in [1.82, 2.24) is 19.7 Å². The van der Waals surface area contributed by atoms with Gasteiger partial charge in [-0.1, -0.05) is 23.2 Å². The predicted molar refractivity (Wildman–Crippen MR) is 102 cm³/mol. The summed E-state index contributed by atoms with van der Waals surface area (Å²) in [4.78, 5) is 15.0. The molecule has 26 heavy (non-hydrogen) atoms. The molecule has 0 bridgehead atoms. The summed E-state index contributed by atoms with van der Waals surface area (Å²) in [6.07, 6.45) is 3.40. The van der Waals surface area contributed by atoms with Gasteiger partial charge in [0.2, 0.25) is 0 Å². The van der Waals surface area contributed by atoms with Crippen molar-refractivity contribution in [3.05, 3.63) is 34.2 Å². The number of aromatic amines is 1. The van der Waals surface area contributed by atoms with Gasteiger partial charge in [0.15, 0.2) is 0 Å². The van der Waals surface area contributed by atoms with Crippen LogP contribution in [0.15, 0.2) is 18.5 Å².